The van der Waals surface area contributed by atoms with Crippen LogP contribution in [0.3, 0.4) is 0 Å². The second kappa shape index (κ2) is 11.4. The van der Waals surface area contributed by atoms with Crippen LogP contribution in [0.1, 0.15) is 38.5 Å². The molecule has 4 unspecified atom stereocenters. The van der Waals surface area contributed by atoms with Gasteiger partial charge in [-0.25, -0.2) is 9.59 Å². The van der Waals surface area contributed by atoms with E-state index in [4.69, 9.17) is 41.5 Å². The summed E-state index contributed by atoms with van der Waals surface area (Å²) in [6.45, 7) is 1.31. The molecule has 2 aliphatic carbocycles. The molecule has 8 N–H and O–H groups in total. The van der Waals surface area contributed by atoms with E-state index in [-0.39, 0.29) is 12.2 Å². The first-order valence-electron chi connectivity index (χ1n) is 7.55. The molecular weight excluding hydrogens is 292 g/mol. The van der Waals surface area contributed by atoms with Gasteiger partial charge in [0.15, 0.2) is 0 Å². The van der Waals surface area contributed by atoms with E-state index in [9.17, 15) is 0 Å². The van der Waals surface area contributed by atoms with Crippen LogP contribution in [0, 0.1) is 11.8 Å². The molecule has 0 aliphatic heterocycles. The number of carbonyl (C=O) groups is 2. The molecule has 0 heterocycles. The van der Waals surface area contributed by atoms with Crippen LogP contribution in [0.5, 0.6) is 0 Å². The van der Waals surface area contributed by atoms with Crippen LogP contribution < -0.4 is 11.5 Å². The number of aliphatic carboxylic acids is 2. The van der Waals surface area contributed by atoms with Gasteiger partial charge in [0, 0.05) is 0 Å². The lowest BCUT2D eigenvalue weighted by Gasteiger charge is -2.09. The maximum Gasteiger partial charge on any atom is 0.414 e. The standard InChI is InChI=1S/2C6H13NO.C2H2O4/c2*7-4-5-2-1-3-6(5)8;3-1(4)2(5)6/h2*5-6,8H,1-4,7H2;(H,3,4)(H,5,6). The molecule has 22 heavy (non-hydrogen) atoms. The van der Waals surface area contributed by atoms with Gasteiger partial charge in [-0.05, 0) is 50.6 Å². The van der Waals surface area contributed by atoms with Gasteiger partial charge in [0.25, 0.3) is 0 Å². The minimum atomic E-state index is -1.82. The lowest BCUT2D eigenvalue weighted by Crippen LogP contribution is -2.21. The highest BCUT2D eigenvalue weighted by Crippen LogP contribution is 2.24. The molecular formula is C14H28N2O6. The lowest BCUT2D eigenvalue weighted by molar-refractivity contribution is -0.159. The molecule has 2 rings (SSSR count). The number of rotatable bonds is 2. The van der Waals surface area contributed by atoms with Crippen molar-refractivity contribution in [2.24, 2.45) is 23.3 Å². The first-order valence-corrected chi connectivity index (χ1v) is 7.55. The SMILES string of the molecule is NCC1CCCC1O.NCC1CCCC1O.O=C(O)C(=O)O. The fraction of sp³-hybridized carbons (Fsp3) is 0.857. The fourth-order valence-corrected chi connectivity index (χ4v) is 2.58. The first kappa shape index (κ1) is 20.8. The van der Waals surface area contributed by atoms with E-state index in [0.717, 1.165) is 38.5 Å². The number of hydrogen-bond donors (Lipinski definition) is 6. The minimum absolute atomic E-state index is 0.0972. The quantitative estimate of drug-likeness (QED) is 0.365. The van der Waals surface area contributed by atoms with Crippen LogP contribution in [0.25, 0.3) is 0 Å². The van der Waals surface area contributed by atoms with E-state index < -0.39 is 11.9 Å². The third kappa shape index (κ3) is 8.28. The largest absolute Gasteiger partial charge is 0.473 e. The number of hydrogen-bond acceptors (Lipinski definition) is 6. The second-order valence-electron chi connectivity index (χ2n) is 5.60. The summed E-state index contributed by atoms with van der Waals surface area (Å²) in [4.78, 5) is 18.2. The van der Waals surface area contributed by atoms with Crippen molar-refractivity contribution in [1.82, 2.24) is 0 Å². The first-order chi connectivity index (χ1) is 10.3. The summed E-state index contributed by atoms with van der Waals surface area (Å²) in [5.41, 5.74) is 10.7. The Kier molecular flexibility index (Phi) is 10.7. The Morgan fingerprint density at radius 1 is 0.773 bits per heavy atom. The molecule has 2 aliphatic rings. The summed E-state index contributed by atoms with van der Waals surface area (Å²) in [7, 11) is 0. The summed E-state index contributed by atoms with van der Waals surface area (Å²) >= 11 is 0. The number of carboxylic acids is 2. The van der Waals surface area contributed by atoms with E-state index in [1.807, 2.05) is 0 Å². The summed E-state index contributed by atoms with van der Waals surface area (Å²) in [6.07, 6.45) is 6.28. The third-order valence-electron chi connectivity index (χ3n) is 4.03. The monoisotopic (exact) mass is 320 g/mol. The smallest absolute Gasteiger partial charge is 0.414 e. The van der Waals surface area contributed by atoms with Gasteiger partial charge < -0.3 is 31.9 Å². The Hall–Kier alpha value is -1.22. The van der Waals surface area contributed by atoms with Gasteiger partial charge in [0.05, 0.1) is 12.2 Å². The van der Waals surface area contributed by atoms with Crippen LogP contribution in [0.2, 0.25) is 0 Å². The fourth-order valence-electron chi connectivity index (χ4n) is 2.58. The van der Waals surface area contributed by atoms with Crippen molar-refractivity contribution < 1.29 is 30.0 Å². The molecule has 4 atom stereocenters. The molecule has 0 bridgehead atoms. The zero-order valence-electron chi connectivity index (χ0n) is 12.7. The van der Waals surface area contributed by atoms with Gasteiger partial charge in [0.1, 0.15) is 0 Å². The van der Waals surface area contributed by atoms with E-state index in [1.54, 1.807) is 0 Å². The molecule has 0 saturated heterocycles. The molecule has 0 radical (unpaired) electrons. The topological polar surface area (TPSA) is 167 Å². The molecule has 2 saturated carbocycles. The van der Waals surface area contributed by atoms with Crippen LogP contribution in [-0.4, -0.2) is 57.7 Å². The van der Waals surface area contributed by atoms with Gasteiger partial charge >= 0.3 is 11.9 Å². The Labute approximate surface area is 130 Å². The third-order valence-corrected chi connectivity index (χ3v) is 4.03. The molecule has 0 aromatic rings. The van der Waals surface area contributed by atoms with E-state index in [2.05, 4.69) is 0 Å². The van der Waals surface area contributed by atoms with Crippen molar-refractivity contribution in [3.63, 3.8) is 0 Å². The van der Waals surface area contributed by atoms with Crippen molar-refractivity contribution in [1.29, 1.82) is 0 Å². The Morgan fingerprint density at radius 2 is 1.09 bits per heavy atom. The highest BCUT2D eigenvalue weighted by molar-refractivity contribution is 6.27. The van der Waals surface area contributed by atoms with Crippen LogP contribution in [0.15, 0.2) is 0 Å². The maximum absolute atomic E-state index is 9.11. The van der Waals surface area contributed by atoms with E-state index in [1.165, 1.54) is 0 Å². The Balaban J connectivity index is 0.000000306. The van der Waals surface area contributed by atoms with Gasteiger partial charge in [-0.15, -0.1) is 0 Å². The van der Waals surface area contributed by atoms with Gasteiger partial charge in [-0.1, -0.05) is 12.8 Å². The van der Waals surface area contributed by atoms with Crippen LogP contribution >= 0.6 is 0 Å². The molecule has 0 spiro atoms. The van der Waals surface area contributed by atoms with Crippen LogP contribution in [-0.2, 0) is 9.59 Å². The summed E-state index contributed by atoms with van der Waals surface area (Å²) in [6, 6.07) is 0. The van der Waals surface area contributed by atoms with Crippen molar-refractivity contribution in [2.45, 2.75) is 50.7 Å². The normalized spacial score (nSPS) is 29.8. The van der Waals surface area contributed by atoms with Gasteiger partial charge in [-0.3, -0.25) is 0 Å². The van der Waals surface area contributed by atoms with Crippen LogP contribution in [0.4, 0.5) is 0 Å². The zero-order valence-corrected chi connectivity index (χ0v) is 12.7. The van der Waals surface area contributed by atoms with E-state index in [0.29, 0.717) is 24.9 Å². The summed E-state index contributed by atoms with van der Waals surface area (Å²) < 4.78 is 0. The van der Waals surface area contributed by atoms with E-state index >= 15 is 0 Å². The number of aliphatic hydroxyl groups is 2. The highest BCUT2D eigenvalue weighted by atomic mass is 16.4. The zero-order chi connectivity index (χ0) is 17.1. The molecule has 8 heteroatoms. The van der Waals surface area contributed by atoms with Gasteiger partial charge in [-0.2, -0.15) is 0 Å². The Morgan fingerprint density at radius 3 is 1.18 bits per heavy atom. The Bertz CT molecular complexity index is 307. The summed E-state index contributed by atoms with van der Waals surface area (Å²) in [5.74, 6) is -2.85. The lowest BCUT2D eigenvalue weighted by atomic mass is 10.1. The number of nitrogens with two attached hydrogens (primary N) is 2. The predicted molar refractivity (Wildman–Crippen MR) is 80.1 cm³/mol. The predicted octanol–water partition coefficient (Wildman–Crippen LogP) is -0.632. The molecule has 0 aromatic carbocycles. The van der Waals surface area contributed by atoms with Gasteiger partial charge in [0.2, 0.25) is 0 Å². The molecule has 2 fully saturated rings. The minimum Gasteiger partial charge on any atom is -0.473 e. The van der Waals surface area contributed by atoms with Crippen molar-refractivity contribution in [3.8, 4) is 0 Å². The average molecular weight is 320 g/mol. The molecule has 130 valence electrons. The molecule has 0 aromatic heterocycles. The maximum atomic E-state index is 9.11. The second-order valence-corrected chi connectivity index (χ2v) is 5.60. The van der Waals surface area contributed by atoms with Crippen molar-refractivity contribution in [2.75, 3.05) is 13.1 Å². The van der Waals surface area contributed by atoms with Crippen molar-refractivity contribution >= 4 is 11.9 Å². The van der Waals surface area contributed by atoms with Crippen molar-refractivity contribution in [3.05, 3.63) is 0 Å². The highest BCUT2D eigenvalue weighted by Gasteiger charge is 2.23. The number of carboxylic acid groups (broad SMARTS) is 2. The summed E-state index contributed by atoms with van der Waals surface area (Å²) in [5, 5.41) is 33.0. The molecule has 8 nitrogen and oxygen atoms in total. The molecule has 0 amide bonds. The average Bonchev–Trinajstić information content (AvgIpc) is 3.07. The number of aliphatic hydroxyl groups excluding tert-OH is 2.